The Bertz CT molecular complexity index is 1030. The molecule has 1 N–H and O–H groups in total. The van der Waals surface area contributed by atoms with Crippen LogP contribution in [0.15, 0.2) is 24.3 Å². The Kier molecular flexibility index (Phi) is 7.30. The van der Waals surface area contributed by atoms with Crippen molar-refractivity contribution in [2.45, 2.75) is 27.2 Å². The molecule has 0 saturated carbocycles. The van der Waals surface area contributed by atoms with Gasteiger partial charge in [0.15, 0.2) is 18.1 Å². The van der Waals surface area contributed by atoms with Gasteiger partial charge in [0.25, 0.3) is 5.91 Å². The fourth-order valence-electron chi connectivity index (χ4n) is 2.96. The average molecular weight is 445 g/mol. The van der Waals surface area contributed by atoms with Crippen molar-refractivity contribution in [2.24, 2.45) is 0 Å². The number of nitrogens with one attached hydrogen (secondary N) is 1. The zero-order chi connectivity index (χ0) is 22.4. The van der Waals surface area contributed by atoms with E-state index in [1.807, 2.05) is 13.8 Å². The number of rotatable bonds is 8. The van der Waals surface area contributed by atoms with E-state index in [-0.39, 0.29) is 13.4 Å². The molecule has 0 fully saturated rings. The van der Waals surface area contributed by atoms with Crippen molar-refractivity contribution in [3.8, 4) is 11.5 Å². The minimum atomic E-state index is -0.671. The lowest BCUT2D eigenvalue weighted by molar-refractivity contribution is -0.142. The monoisotopic (exact) mass is 445 g/mol. The molecule has 8 nitrogen and oxygen atoms in total. The second-order valence-corrected chi connectivity index (χ2v) is 7.64. The van der Waals surface area contributed by atoms with Gasteiger partial charge in [-0.1, -0.05) is 13.0 Å². The molecule has 1 aliphatic heterocycles. The summed E-state index contributed by atoms with van der Waals surface area (Å²) in [6.45, 7) is 5.42. The van der Waals surface area contributed by atoms with E-state index in [1.165, 1.54) is 17.4 Å². The molecule has 1 aromatic carbocycles. The van der Waals surface area contributed by atoms with Crippen LogP contribution >= 0.6 is 11.3 Å². The minimum absolute atomic E-state index is 0.168. The first kappa shape index (κ1) is 22.4. The summed E-state index contributed by atoms with van der Waals surface area (Å²) in [5, 5.41) is 3.04. The highest BCUT2D eigenvalue weighted by atomic mass is 32.1. The Labute approximate surface area is 183 Å². The molecule has 0 bridgehead atoms. The molecule has 0 aliphatic carbocycles. The van der Waals surface area contributed by atoms with Crippen LogP contribution in [0.5, 0.6) is 11.5 Å². The number of ether oxygens (including phenoxy) is 4. The van der Waals surface area contributed by atoms with Gasteiger partial charge >= 0.3 is 11.9 Å². The van der Waals surface area contributed by atoms with Gasteiger partial charge in [-0.05, 0) is 49.6 Å². The highest BCUT2D eigenvalue weighted by molar-refractivity contribution is 7.17. The molecule has 1 amide bonds. The second kappa shape index (κ2) is 10.1. The topological polar surface area (TPSA) is 100 Å². The molecular formula is C22H23NO7S. The Balaban J connectivity index is 1.57. The number of carbonyl (C=O) groups is 3. The number of aryl methyl sites for hydroxylation is 1. The van der Waals surface area contributed by atoms with Crippen molar-refractivity contribution in [3.05, 3.63) is 45.8 Å². The Morgan fingerprint density at radius 1 is 1.16 bits per heavy atom. The first-order valence-electron chi connectivity index (χ1n) is 9.76. The normalized spacial score (nSPS) is 12.1. The molecule has 9 heteroatoms. The predicted molar refractivity (Wildman–Crippen MR) is 116 cm³/mol. The number of carbonyl (C=O) groups excluding carboxylic acids is 3. The van der Waals surface area contributed by atoms with Gasteiger partial charge < -0.3 is 24.3 Å². The number of hydrogen-bond acceptors (Lipinski definition) is 8. The van der Waals surface area contributed by atoms with Crippen LogP contribution in [0.3, 0.4) is 0 Å². The first-order chi connectivity index (χ1) is 14.9. The van der Waals surface area contributed by atoms with Gasteiger partial charge in [0.1, 0.15) is 5.00 Å². The predicted octanol–water partition coefficient (Wildman–Crippen LogP) is 3.72. The number of benzene rings is 1. The van der Waals surface area contributed by atoms with Crippen molar-refractivity contribution < 1.29 is 33.3 Å². The van der Waals surface area contributed by atoms with Crippen LogP contribution < -0.4 is 14.8 Å². The van der Waals surface area contributed by atoms with Gasteiger partial charge in [-0.25, -0.2) is 9.59 Å². The Morgan fingerprint density at radius 2 is 1.94 bits per heavy atom. The van der Waals surface area contributed by atoms with Crippen molar-refractivity contribution in [3.63, 3.8) is 0 Å². The molecule has 0 atom stereocenters. The quantitative estimate of drug-likeness (QED) is 0.488. The molecule has 0 radical (unpaired) electrons. The van der Waals surface area contributed by atoms with Gasteiger partial charge in [0.2, 0.25) is 6.79 Å². The van der Waals surface area contributed by atoms with E-state index in [2.05, 4.69) is 5.32 Å². The summed E-state index contributed by atoms with van der Waals surface area (Å²) in [6, 6.07) is 5.25. The molecule has 2 aromatic rings. The third-order valence-electron chi connectivity index (χ3n) is 4.45. The summed E-state index contributed by atoms with van der Waals surface area (Å²) in [6.07, 6.45) is 3.50. The second-order valence-electron chi connectivity index (χ2n) is 6.53. The van der Waals surface area contributed by atoms with E-state index in [1.54, 1.807) is 31.2 Å². The minimum Gasteiger partial charge on any atom is -0.462 e. The van der Waals surface area contributed by atoms with E-state index in [0.29, 0.717) is 22.1 Å². The summed E-state index contributed by atoms with van der Waals surface area (Å²) < 4.78 is 20.6. The van der Waals surface area contributed by atoms with Crippen molar-refractivity contribution in [1.82, 2.24) is 0 Å². The van der Waals surface area contributed by atoms with Crippen LogP contribution in [0.25, 0.3) is 6.08 Å². The molecular weight excluding hydrogens is 422 g/mol. The highest BCUT2D eigenvalue weighted by Crippen LogP contribution is 2.34. The maximum atomic E-state index is 12.3. The Morgan fingerprint density at radius 3 is 2.68 bits per heavy atom. The molecule has 1 aliphatic rings. The smallest absolute Gasteiger partial charge is 0.341 e. The summed E-state index contributed by atoms with van der Waals surface area (Å²) in [7, 11) is 0. The average Bonchev–Trinajstić information content (AvgIpc) is 3.34. The fraction of sp³-hybridized carbons (Fsp3) is 0.318. The summed E-state index contributed by atoms with van der Waals surface area (Å²) in [4.78, 5) is 37.5. The van der Waals surface area contributed by atoms with Crippen LogP contribution in [0.2, 0.25) is 0 Å². The molecule has 31 heavy (non-hydrogen) atoms. The van der Waals surface area contributed by atoms with E-state index < -0.39 is 24.5 Å². The van der Waals surface area contributed by atoms with Gasteiger partial charge in [0.05, 0.1) is 12.2 Å². The largest absolute Gasteiger partial charge is 0.462 e. The van der Waals surface area contributed by atoms with Crippen molar-refractivity contribution in [1.29, 1.82) is 0 Å². The number of amides is 1. The van der Waals surface area contributed by atoms with Gasteiger partial charge in [-0.2, -0.15) is 0 Å². The lowest BCUT2D eigenvalue weighted by Gasteiger charge is -2.07. The molecule has 0 spiro atoms. The number of thiophene rings is 1. The van der Waals surface area contributed by atoms with E-state index in [0.717, 1.165) is 22.4 Å². The van der Waals surface area contributed by atoms with Crippen molar-refractivity contribution in [2.75, 3.05) is 25.3 Å². The SMILES string of the molecule is CCOC(=O)c1c(NC(=O)COC(=O)C=Cc2ccc3c(c2)OCO3)sc(CC)c1C. The zero-order valence-corrected chi connectivity index (χ0v) is 18.3. The molecule has 0 saturated heterocycles. The maximum absolute atomic E-state index is 12.3. The summed E-state index contributed by atoms with van der Waals surface area (Å²) in [5.41, 5.74) is 1.85. The lowest BCUT2D eigenvalue weighted by atomic mass is 10.1. The molecule has 0 unspecified atom stereocenters. The lowest BCUT2D eigenvalue weighted by Crippen LogP contribution is -2.21. The molecule has 1 aromatic heterocycles. The van der Waals surface area contributed by atoms with Crippen LogP contribution in [-0.2, 0) is 25.5 Å². The van der Waals surface area contributed by atoms with E-state index >= 15 is 0 Å². The zero-order valence-electron chi connectivity index (χ0n) is 17.5. The number of fused-ring (bicyclic) bond motifs is 1. The third-order valence-corrected chi connectivity index (χ3v) is 5.80. The van der Waals surface area contributed by atoms with Crippen LogP contribution in [-0.4, -0.2) is 37.9 Å². The fourth-order valence-corrected chi connectivity index (χ4v) is 4.11. The number of hydrogen-bond donors (Lipinski definition) is 1. The maximum Gasteiger partial charge on any atom is 0.341 e. The van der Waals surface area contributed by atoms with Crippen molar-refractivity contribution >= 4 is 40.3 Å². The first-order valence-corrected chi connectivity index (χ1v) is 10.6. The van der Waals surface area contributed by atoms with Gasteiger partial charge in [0, 0.05) is 11.0 Å². The molecule has 164 valence electrons. The number of anilines is 1. The summed E-state index contributed by atoms with van der Waals surface area (Å²) in [5.74, 6) is -0.456. The third kappa shape index (κ3) is 5.43. The van der Waals surface area contributed by atoms with Crippen LogP contribution in [0, 0.1) is 6.92 Å². The number of esters is 2. The highest BCUT2D eigenvalue weighted by Gasteiger charge is 2.23. The molecule has 2 heterocycles. The van der Waals surface area contributed by atoms with E-state index in [9.17, 15) is 14.4 Å². The van der Waals surface area contributed by atoms with Crippen LogP contribution in [0.4, 0.5) is 5.00 Å². The summed E-state index contributed by atoms with van der Waals surface area (Å²) >= 11 is 1.31. The molecule has 3 rings (SSSR count). The van der Waals surface area contributed by atoms with Gasteiger partial charge in [-0.15, -0.1) is 11.3 Å². The van der Waals surface area contributed by atoms with E-state index in [4.69, 9.17) is 18.9 Å². The standard InChI is InChI=1S/C22H23NO7S/c1-4-17-13(3)20(22(26)27-5-2)21(31-17)23-18(24)11-28-19(25)9-7-14-6-8-15-16(10-14)30-12-29-15/h6-10H,4-5,11-12H2,1-3H3,(H,23,24). The van der Waals surface area contributed by atoms with Crippen LogP contribution in [0.1, 0.15) is 40.2 Å². The Hall–Kier alpha value is -3.33. The van der Waals surface area contributed by atoms with Gasteiger partial charge in [-0.3, -0.25) is 4.79 Å².